The van der Waals surface area contributed by atoms with Crippen LogP contribution >= 0.6 is 0 Å². The van der Waals surface area contributed by atoms with E-state index in [0.717, 1.165) is 24.3 Å². The first-order valence-corrected chi connectivity index (χ1v) is 8.23. The molecule has 1 amide bonds. The van der Waals surface area contributed by atoms with E-state index in [4.69, 9.17) is 0 Å². The van der Waals surface area contributed by atoms with E-state index in [1.54, 1.807) is 11.1 Å². The molecule has 0 aliphatic carbocycles. The maximum absolute atomic E-state index is 12.7. The molecule has 0 unspecified atom stereocenters. The minimum Gasteiger partial charge on any atom is -0.370 e. The summed E-state index contributed by atoms with van der Waals surface area (Å²) in [5.74, 6) is 0.0141. The molecule has 1 aromatic heterocycles. The fraction of sp³-hybridized carbons (Fsp3) is 0.368. The Bertz CT molecular complexity index is 651. The van der Waals surface area contributed by atoms with Gasteiger partial charge in [0, 0.05) is 32.9 Å². The lowest BCUT2D eigenvalue weighted by molar-refractivity contribution is 0.0784. The zero-order chi connectivity index (χ0) is 16.1. The number of pyridine rings is 1. The maximum atomic E-state index is 12.7. The number of carbonyl (C=O) groups is 1. The standard InChI is InChI=1S/C19H23N3O/c1-21(15-16-8-4-2-5-9-16)19(23)17-12-18(14-20-13-17)22-10-6-3-7-11-22/h2,4-5,8-9,12-14H,3,6-7,10-11,15H2,1H3. The van der Waals surface area contributed by atoms with Crippen molar-refractivity contribution in [1.29, 1.82) is 0 Å². The van der Waals surface area contributed by atoms with Gasteiger partial charge in [-0.15, -0.1) is 0 Å². The summed E-state index contributed by atoms with van der Waals surface area (Å²) in [4.78, 5) is 21.0. The van der Waals surface area contributed by atoms with E-state index in [1.165, 1.54) is 19.3 Å². The van der Waals surface area contributed by atoms with Gasteiger partial charge in [0.2, 0.25) is 0 Å². The molecule has 1 aliphatic rings. The lowest BCUT2D eigenvalue weighted by Gasteiger charge is -2.28. The van der Waals surface area contributed by atoms with Crippen LogP contribution in [-0.4, -0.2) is 35.9 Å². The number of amides is 1. The van der Waals surface area contributed by atoms with Crippen LogP contribution in [-0.2, 0) is 6.54 Å². The van der Waals surface area contributed by atoms with Crippen molar-refractivity contribution in [2.45, 2.75) is 25.8 Å². The van der Waals surface area contributed by atoms with Crippen molar-refractivity contribution in [3.05, 3.63) is 59.9 Å². The molecular formula is C19H23N3O. The van der Waals surface area contributed by atoms with Crippen LogP contribution in [0, 0.1) is 0 Å². The number of carbonyl (C=O) groups excluding carboxylic acids is 1. The summed E-state index contributed by atoms with van der Waals surface area (Å²) in [6.45, 7) is 2.71. The Morgan fingerprint density at radius 2 is 1.87 bits per heavy atom. The molecule has 0 bridgehead atoms. The molecule has 1 saturated heterocycles. The second-order valence-corrected chi connectivity index (χ2v) is 6.13. The van der Waals surface area contributed by atoms with Crippen molar-refractivity contribution in [2.24, 2.45) is 0 Å². The Hall–Kier alpha value is -2.36. The molecule has 0 radical (unpaired) electrons. The van der Waals surface area contributed by atoms with Gasteiger partial charge >= 0.3 is 0 Å². The third-order valence-electron chi connectivity index (χ3n) is 4.30. The van der Waals surface area contributed by atoms with Crippen LogP contribution in [0.3, 0.4) is 0 Å². The van der Waals surface area contributed by atoms with Gasteiger partial charge in [-0.1, -0.05) is 30.3 Å². The zero-order valence-electron chi connectivity index (χ0n) is 13.6. The minimum absolute atomic E-state index is 0.0141. The molecule has 0 atom stereocenters. The summed E-state index contributed by atoms with van der Waals surface area (Å²) in [7, 11) is 1.84. The molecule has 0 spiro atoms. The predicted octanol–water partition coefficient (Wildman–Crippen LogP) is 3.34. The Balaban J connectivity index is 1.71. The SMILES string of the molecule is CN(Cc1ccccc1)C(=O)c1cncc(N2CCCCC2)c1. The van der Waals surface area contributed by atoms with Gasteiger partial charge in [0.25, 0.3) is 5.91 Å². The van der Waals surface area contributed by atoms with Gasteiger partial charge in [0.05, 0.1) is 17.4 Å². The molecule has 4 nitrogen and oxygen atoms in total. The normalized spacial score (nSPS) is 14.6. The number of rotatable bonds is 4. The van der Waals surface area contributed by atoms with Crippen molar-refractivity contribution in [2.75, 3.05) is 25.0 Å². The van der Waals surface area contributed by atoms with Gasteiger partial charge < -0.3 is 9.80 Å². The lowest BCUT2D eigenvalue weighted by atomic mass is 10.1. The average molecular weight is 309 g/mol. The highest BCUT2D eigenvalue weighted by Gasteiger charge is 2.16. The third kappa shape index (κ3) is 3.89. The van der Waals surface area contributed by atoms with Crippen LogP contribution in [0.25, 0.3) is 0 Å². The highest BCUT2D eigenvalue weighted by atomic mass is 16.2. The Labute approximate surface area is 137 Å². The van der Waals surface area contributed by atoms with Gasteiger partial charge in [0.15, 0.2) is 0 Å². The van der Waals surface area contributed by atoms with Crippen molar-refractivity contribution in [3.8, 4) is 0 Å². The average Bonchev–Trinajstić information content (AvgIpc) is 2.63. The topological polar surface area (TPSA) is 36.4 Å². The summed E-state index contributed by atoms with van der Waals surface area (Å²) in [5.41, 5.74) is 2.85. The summed E-state index contributed by atoms with van der Waals surface area (Å²) in [6, 6.07) is 12.0. The van der Waals surface area contributed by atoms with Crippen LogP contribution in [0.2, 0.25) is 0 Å². The number of aromatic nitrogens is 1. The maximum Gasteiger partial charge on any atom is 0.255 e. The number of nitrogens with zero attached hydrogens (tertiary/aromatic N) is 3. The molecule has 0 saturated carbocycles. The molecule has 1 aliphatic heterocycles. The molecule has 4 heteroatoms. The largest absolute Gasteiger partial charge is 0.370 e. The molecular weight excluding hydrogens is 286 g/mol. The Morgan fingerprint density at radius 1 is 1.13 bits per heavy atom. The third-order valence-corrected chi connectivity index (χ3v) is 4.30. The van der Waals surface area contributed by atoms with Crippen LogP contribution in [0.5, 0.6) is 0 Å². The van der Waals surface area contributed by atoms with Gasteiger partial charge in [-0.2, -0.15) is 0 Å². The van der Waals surface area contributed by atoms with E-state index in [0.29, 0.717) is 12.1 Å². The van der Waals surface area contributed by atoms with Crippen molar-refractivity contribution < 1.29 is 4.79 Å². The molecule has 2 heterocycles. The summed E-state index contributed by atoms with van der Waals surface area (Å²) >= 11 is 0. The second-order valence-electron chi connectivity index (χ2n) is 6.13. The van der Waals surface area contributed by atoms with Crippen LogP contribution in [0.15, 0.2) is 48.8 Å². The van der Waals surface area contributed by atoms with Gasteiger partial charge in [-0.3, -0.25) is 9.78 Å². The van der Waals surface area contributed by atoms with Crippen molar-refractivity contribution in [3.63, 3.8) is 0 Å². The summed E-state index contributed by atoms with van der Waals surface area (Å²) < 4.78 is 0. The number of hydrogen-bond donors (Lipinski definition) is 0. The minimum atomic E-state index is 0.0141. The van der Waals surface area contributed by atoms with Crippen LogP contribution in [0.4, 0.5) is 5.69 Å². The zero-order valence-corrected chi connectivity index (χ0v) is 13.6. The van der Waals surface area contributed by atoms with E-state index in [1.807, 2.05) is 49.6 Å². The van der Waals surface area contributed by atoms with E-state index in [9.17, 15) is 4.79 Å². The summed E-state index contributed by atoms with van der Waals surface area (Å²) in [5, 5.41) is 0. The number of anilines is 1. The molecule has 1 aromatic carbocycles. The quantitative estimate of drug-likeness (QED) is 0.869. The van der Waals surface area contributed by atoms with Crippen LogP contribution in [0.1, 0.15) is 35.2 Å². The van der Waals surface area contributed by atoms with Crippen molar-refractivity contribution in [1.82, 2.24) is 9.88 Å². The predicted molar refractivity (Wildman–Crippen MR) is 92.5 cm³/mol. The van der Waals surface area contributed by atoms with E-state index in [2.05, 4.69) is 9.88 Å². The number of hydrogen-bond acceptors (Lipinski definition) is 3. The molecule has 1 fully saturated rings. The first-order valence-electron chi connectivity index (χ1n) is 8.23. The fourth-order valence-electron chi connectivity index (χ4n) is 3.02. The van der Waals surface area contributed by atoms with Gasteiger partial charge in [-0.25, -0.2) is 0 Å². The monoisotopic (exact) mass is 309 g/mol. The van der Waals surface area contributed by atoms with E-state index >= 15 is 0 Å². The highest BCUT2D eigenvalue weighted by molar-refractivity contribution is 5.94. The van der Waals surface area contributed by atoms with E-state index in [-0.39, 0.29) is 5.91 Å². The first kappa shape index (κ1) is 15.5. The molecule has 120 valence electrons. The first-order chi connectivity index (χ1) is 11.2. The molecule has 3 rings (SSSR count). The van der Waals surface area contributed by atoms with Gasteiger partial charge in [0.1, 0.15) is 0 Å². The second kappa shape index (κ2) is 7.27. The lowest BCUT2D eigenvalue weighted by Crippen LogP contribution is -2.30. The molecule has 0 N–H and O–H groups in total. The highest BCUT2D eigenvalue weighted by Crippen LogP contribution is 2.20. The fourth-order valence-corrected chi connectivity index (χ4v) is 3.02. The Kier molecular flexibility index (Phi) is 4.91. The van der Waals surface area contributed by atoms with Gasteiger partial charge in [-0.05, 0) is 30.9 Å². The molecule has 2 aromatic rings. The van der Waals surface area contributed by atoms with E-state index < -0.39 is 0 Å². The number of piperidine rings is 1. The van der Waals surface area contributed by atoms with Crippen LogP contribution < -0.4 is 4.90 Å². The molecule has 23 heavy (non-hydrogen) atoms. The smallest absolute Gasteiger partial charge is 0.255 e. The summed E-state index contributed by atoms with van der Waals surface area (Å²) in [6.07, 6.45) is 7.25. The van der Waals surface area contributed by atoms with Crippen molar-refractivity contribution >= 4 is 11.6 Å². The Morgan fingerprint density at radius 3 is 2.61 bits per heavy atom. The number of benzene rings is 1.